The zero-order chi connectivity index (χ0) is 15.2. The van der Waals surface area contributed by atoms with Crippen LogP contribution in [0.15, 0.2) is 42.7 Å². The summed E-state index contributed by atoms with van der Waals surface area (Å²) in [5.74, 6) is -0.820. The number of benzene rings is 1. The minimum atomic E-state index is -0.658. The van der Waals surface area contributed by atoms with Gasteiger partial charge in [-0.05, 0) is 12.0 Å². The Kier molecular flexibility index (Phi) is 4.72. The molecule has 1 aromatic carbocycles. The predicted octanol–water partition coefficient (Wildman–Crippen LogP) is 1.76. The SMILES string of the molecule is CN(Cc1cnn(C)c1)C(=O)C(C#N)Cc1ccccc1. The first-order valence-electron chi connectivity index (χ1n) is 6.76. The van der Waals surface area contributed by atoms with Gasteiger partial charge in [-0.1, -0.05) is 30.3 Å². The molecule has 1 amide bonds. The maximum absolute atomic E-state index is 12.4. The van der Waals surface area contributed by atoms with E-state index in [4.69, 9.17) is 0 Å². The van der Waals surface area contributed by atoms with Crippen molar-refractivity contribution in [2.24, 2.45) is 13.0 Å². The van der Waals surface area contributed by atoms with Gasteiger partial charge in [0.25, 0.3) is 0 Å². The molecule has 0 aliphatic heterocycles. The fourth-order valence-electron chi connectivity index (χ4n) is 2.21. The van der Waals surface area contributed by atoms with Crippen molar-refractivity contribution >= 4 is 5.91 Å². The van der Waals surface area contributed by atoms with Gasteiger partial charge in [-0.15, -0.1) is 0 Å². The van der Waals surface area contributed by atoms with Gasteiger partial charge in [0.15, 0.2) is 0 Å². The van der Waals surface area contributed by atoms with Crippen LogP contribution in [0.4, 0.5) is 0 Å². The summed E-state index contributed by atoms with van der Waals surface area (Å²) >= 11 is 0. The van der Waals surface area contributed by atoms with Gasteiger partial charge in [-0.25, -0.2) is 0 Å². The van der Waals surface area contributed by atoms with Crippen LogP contribution in [0.5, 0.6) is 0 Å². The zero-order valence-corrected chi connectivity index (χ0v) is 12.2. The van der Waals surface area contributed by atoms with Crippen LogP contribution in [-0.2, 0) is 24.8 Å². The van der Waals surface area contributed by atoms with Gasteiger partial charge in [0, 0.05) is 32.4 Å². The van der Waals surface area contributed by atoms with Gasteiger partial charge in [0.2, 0.25) is 5.91 Å². The van der Waals surface area contributed by atoms with Crippen LogP contribution >= 0.6 is 0 Å². The van der Waals surface area contributed by atoms with Crippen molar-refractivity contribution < 1.29 is 4.79 Å². The Labute approximate surface area is 124 Å². The molecule has 0 fully saturated rings. The lowest BCUT2D eigenvalue weighted by atomic mass is 9.99. The Balaban J connectivity index is 2.01. The summed E-state index contributed by atoms with van der Waals surface area (Å²) in [4.78, 5) is 13.9. The van der Waals surface area contributed by atoms with Crippen molar-refractivity contribution in [3.63, 3.8) is 0 Å². The molecule has 0 aliphatic carbocycles. The third kappa shape index (κ3) is 3.93. The molecule has 1 atom stereocenters. The number of rotatable bonds is 5. The molecule has 1 unspecified atom stereocenters. The van der Waals surface area contributed by atoms with Crippen LogP contribution in [0, 0.1) is 17.2 Å². The number of aryl methyl sites for hydroxylation is 1. The van der Waals surface area contributed by atoms with E-state index >= 15 is 0 Å². The van der Waals surface area contributed by atoms with Crippen molar-refractivity contribution in [1.29, 1.82) is 5.26 Å². The topological polar surface area (TPSA) is 61.9 Å². The van der Waals surface area contributed by atoms with E-state index in [1.165, 1.54) is 0 Å². The third-order valence-electron chi connectivity index (χ3n) is 3.29. The van der Waals surface area contributed by atoms with Crippen LogP contribution in [0.25, 0.3) is 0 Å². The monoisotopic (exact) mass is 282 g/mol. The van der Waals surface area contributed by atoms with Crippen LogP contribution in [-0.4, -0.2) is 27.6 Å². The number of amides is 1. The van der Waals surface area contributed by atoms with E-state index < -0.39 is 5.92 Å². The summed E-state index contributed by atoms with van der Waals surface area (Å²) in [5, 5.41) is 13.3. The van der Waals surface area contributed by atoms with E-state index in [9.17, 15) is 10.1 Å². The summed E-state index contributed by atoms with van der Waals surface area (Å²) in [6, 6.07) is 11.7. The highest BCUT2D eigenvalue weighted by molar-refractivity contribution is 5.81. The molecule has 0 aliphatic rings. The molecular formula is C16H18N4O. The number of hydrogen-bond acceptors (Lipinski definition) is 3. The van der Waals surface area contributed by atoms with Crippen molar-refractivity contribution in [3.8, 4) is 6.07 Å². The molecule has 1 aromatic heterocycles. The minimum absolute atomic E-state index is 0.162. The Morgan fingerprint density at radius 2 is 2.10 bits per heavy atom. The highest BCUT2D eigenvalue weighted by atomic mass is 16.2. The molecule has 1 heterocycles. The van der Waals surface area contributed by atoms with Gasteiger partial charge < -0.3 is 4.90 Å². The first-order chi connectivity index (χ1) is 10.1. The molecule has 2 aromatic rings. The molecule has 0 radical (unpaired) electrons. The number of aromatic nitrogens is 2. The normalized spacial score (nSPS) is 11.7. The van der Waals surface area contributed by atoms with E-state index in [0.717, 1.165) is 11.1 Å². The molecule has 5 heteroatoms. The van der Waals surface area contributed by atoms with E-state index in [0.29, 0.717) is 13.0 Å². The lowest BCUT2D eigenvalue weighted by Crippen LogP contribution is -2.32. The van der Waals surface area contributed by atoms with Gasteiger partial charge in [0.1, 0.15) is 5.92 Å². The Bertz CT molecular complexity index is 642. The number of nitrogens with zero attached hydrogens (tertiary/aromatic N) is 4. The third-order valence-corrected chi connectivity index (χ3v) is 3.29. The first-order valence-corrected chi connectivity index (χ1v) is 6.76. The molecule has 21 heavy (non-hydrogen) atoms. The molecule has 0 N–H and O–H groups in total. The average Bonchev–Trinajstić information content (AvgIpc) is 2.90. The Hall–Kier alpha value is -2.61. The first kappa shape index (κ1) is 14.8. The molecule has 108 valence electrons. The van der Waals surface area contributed by atoms with Crippen LogP contribution in [0.1, 0.15) is 11.1 Å². The molecule has 0 bridgehead atoms. The fourth-order valence-corrected chi connectivity index (χ4v) is 2.21. The second kappa shape index (κ2) is 6.71. The van der Waals surface area contributed by atoms with Crippen molar-refractivity contribution in [2.75, 3.05) is 7.05 Å². The van der Waals surface area contributed by atoms with E-state index in [2.05, 4.69) is 11.2 Å². The molecular weight excluding hydrogens is 264 g/mol. The molecule has 0 saturated heterocycles. The quantitative estimate of drug-likeness (QED) is 0.839. The average molecular weight is 282 g/mol. The zero-order valence-electron chi connectivity index (χ0n) is 12.2. The summed E-state index contributed by atoms with van der Waals surface area (Å²) in [7, 11) is 3.55. The predicted molar refractivity (Wildman–Crippen MR) is 78.9 cm³/mol. The largest absolute Gasteiger partial charge is 0.340 e. The smallest absolute Gasteiger partial charge is 0.240 e. The summed E-state index contributed by atoms with van der Waals surface area (Å²) in [6.45, 7) is 0.458. The highest BCUT2D eigenvalue weighted by Crippen LogP contribution is 2.12. The number of hydrogen-bond donors (Lipinski definition) is 0. The Morgan fingerprint density at radius 3 is 2.67 bits per heavy atom. The van der Waals surface area contributed by atoms with Crippen LogP contribution in [0.3, 0.4) is 0 Å². The summed E-state index contributed by atoms with van der Waals surface area (Å²) in [5.41, 5.74) is 1.94. The van der Waals surface area contributed by atoms with Gasteiger partial charge in [0.05, 0.1) is 12.3 Å². The molecule has 0 saturated carbocycles. The minimum Gasteiger partial charge on any atom is -0.340 e. The molecule has 5 nitrogen and oxygen atoms in total. The standard InChI is InChI=1S/C16H18N4O/c1-19(11-14-10-18-20(2)12-14)16(21)15(9-17)8-13-6-4-3-5-7-13/h3-7,10,12,15H,8,11H2,1-2H3. The lowest BCUT2D eigenvalue weighted by Gasteiger charge is -2.19. The highest BCUT2D eigenvalue weighted by Gasteiger charge is 2.22. The summed E-state index contributed by atoms with van der Waals surface area (Å²) < 4.78 is 1.69. The number of carbonyl (C=O) groups excluding carboxylic acids is 1. The van der Waals surface area contributed by atoms with Gasteiger partial charge in [-0.3, -0.25) is 9.48 Å². The number of carbonyl (C=O) groups is 1. The fraction of sp³-hybridized carbons (Fsp3) is 0.312. The maximum Gasteiger partial charge on any atom is 0.240 e. The van der Waals surface area contributed by atoms with Crippen molar-refractivity contribution in [2.45, 2.75) is 13.0 Å². The van der Waals surface area contributed by atoms with Crippen LogP contribution in [0.2, 0.25) is 0 Å². The van der Waals surface area contributed by atoms with E-state index in [1.807, 2.05) is 43.6 Å². The molecule has 0 spiro atoms. The van der Waals surface area contributed by atoms with Gasteiger partial charge in [-0.2, -0.15) is 10.4 Å². The van der Waals surface area contributed by atoms with Crippen LogP contribution < -0.4 is 0 Å². The Morgan fingerprint density at radius 1 is 1.38 bits per heavy atom. The summed E-state index contributed by atoms with van der Waals surface area (Å²) in [6.07, 6.45) is 4.03. The lowest BCUT2D eigenvalue weighted by molar-refractivity contribution is -0.132. The molecule has 2 rings (SSSR count). The van der Waals surface area contributed by atoms with Crippen molar-refractivity contribution in [3.05, 3.63) is 53.9 Å². The second-order valence-corrected chi connectivity index (χ2v) is 5.09. The second-order valence-electron chi connectivity index (χ2n) is 5.09. The van der Waals surface area contributed by atoms with Gasteiger partial charge >= 0.3 is 0 Å². The maximum atomic E-state index is 12.4. The number of nitriles is 1. The van der Waals surface area contributed by atoms with E-state index in [1.54, 1.807) is 22.8 Å². The van der Waals surface area contributed by atoms with E-state index in [-0.39, 0.29) is 5.91 Å². The van der Waals surface area contributed by atoms with Crippen molar-refractivity contribution in [1.82, 2.24) is 14.7 Å².